The monoisotopic (exact) mass is 496 g/mol. The van der Waals surface area contributed by atoms with Crippen LogP contribution in [0.4, 0.5) is 11.5 Å². The molecule has 8 nitrogen and oxygen atoms in total. The van der Waals surface area contributed by atoms with Gasteiger partial charge in [0.25, 0.3) is 0 Å². The fourth-order valence-corrected chi connectivity index (χ4v) is 4.34. The number of fused-ring (bicyclic) bond motifs is 1. The smallest absolute Gasteiger partial charge is 0.230 e. The van der Waals surface area contributed by atoms with Crippen molar-refractivity contribution >= 4 is 39.2 Å². The summed E-state index contributed by atoms with van der Waals surface area (Å²) in [7, 11) is 0. The topological polar surface area (TPSA) is 85.7 Å². The maximum absolute atomic E-state index is 13.0. The molecule has 3 aromatic rings. The molecule has 2 aromatic carbocycles. The molecule has 2 aliphatic heterocycles. The van der Waals surface area contributed by atoms with Gasteiger partial charge in [0, 0.05) is 35.3 Å². The van der Waals surface area contributed by atoms with Gasteiger partial charge in [-0.1, -0.05) is 22.0 Å². The number of aryl methyl sites for hydroxylation is 1. The lowest BCUT2D eigenvalue weighted by atomic mass is 10.1. The molecule has 1 unspecified atom stereocenters. The molecule has 0 saturated carbocycles. The third-order valence-electron chi connectivity index (χ3n) is 5.47. The largest absolute Gasteiger partial charge is 0.486 e. The second-order valence-electron chi connectivity index (χ2n) is 7.79. The van der Waals surface area contributed by atoms with E-state index in [1.54, 1.807) is 21.7 Å². The van der Waals surface area contributed by atoms with E-state index in [1.807, 2.05) is 43.3 Å². The summed E-state index contributed by atoms with van der Waals surface area (Å²) in [6.45, 7) is 3.15. The number of anilines is 2. The van der Waals surface area contributed by atoms with Crippen LogP contribution in [0.1, 0.15) is 12.1 Å². The van der Waals surface area contributed by atoms with Crippen molar-refractivity contribution < 1.29 is 19.1 Å². The van der Waals surface area contributed by atoms with Gasteiger partial charge in [-0.05, 0) is 37.3 Å². The molecule has 5 rings (SSSR count). The van der Waals surface area contributed by atoms with Gasteiger partial charge in [0.05, 0.1) is 17.3 Å². The SMILES string of the molecule is Cc1cc(NC(=O)C2CC(=O)N(c3ccc4c(c3)OCCO4)C2)n(-c2cccc(Br)c2)n1. The van der Waals surface area contributed by atoms with E-state index in [0.717, 1.165) is 15.9 Å². The van der Waals surface area contributed by atoms with Crippen LogP contribution in [0.2, 0.25) is 0 Å². The minimum atomic E-state index is -0.470. The van der Waals surface area contributed by atoms with Gasteiger partial charge in [0.2, 0.25) is 11.8 Å². The van der Waals surface area contributed by atoms with Gasteiger partial charge >= 0.3 is 0 Å². The third kappa shape index (κ3) is 3.95. The first-order chi connectivity index (χ1) is 15.5. The Labute approximate surface area is 193 Å². The number of rotatable bonds is 4. The number of nitrogens with zero attached hydrogens (tertiary/aromatic N) is 3. The molecule has 1 atom stereocenters. The van der Waals surface area contributed by atoms with E-state index in [0.29, 0.717) is 42.8 Å². The Morgan fingerprint density at radius 2 is 1.91 bits per heavy atom. The fourth-order valence-electron chi connectivity index (χ4n) is 3.95. The Hall–Kier alpha value is -3.33. The van der Waals surface area contributed by atoms with Crippen molar-refractivity contribution in [3.63, 3.8) is 0 Å². The number of hydrogen-bond acceptors (Lipinski definition) is 5. The molecule has 164 valence electrons. The van der Waals surface area contributed by atoms with E-state index in [2.05, 4.69) is 26.3 Å². The number of nitrogens with one attached hydrogen (secondary N) is 1. The molecule has 1 N–H and O–H groups in total. The highest BCUT2D eigenvalue weighted by molar-refractivity contribution is 9.10. The highest BCUT2D eigenvalue weighted by atomic mass is 79.9. The highest BCUT2D eigenvalue weighted by Crippen LogP contribution is 2.36. The Bertz CT molecular complexity index is 1210. The third-order valence-corrected chi connectivity index (χ3v) is 5.96. The highest BCUT2D eigenvalue weighted by Gasteiger charge is 2.36. The van der Waals surface area contributed by atoms with Crippen molar-refractivity contribution in [2.75, 3.05) is 30.0 Å². The van der Waals surface area contributed by atoms with E-state index < -0.39 is 5.92 Å². The van der Waals surface area contributed by atoms with E-state index >= 15 is 0 Å². The van der Waals surface area contributed by atoms with E-state index in [1.165, 1.54) is 0 Å². The summed E-state index contributed by atoms with van der Waals surface area (Å²) in [4.78, 5) is 27.4. The van der Waals surface area contributed by atoms with Crippen LogP contribution >= 0.6 is 15.9 Å². The quantitative estimate of drug-likeness (QED) is 0.594. The minimum Gasteiger partial charge on any atom is -0.486 e. The van der Waals surface area contributed by atoms with Crippen LogP contribution in [0.5, 0.6) is 11.5 Å². The molecular formula is C23H21BrN4O4. The van der Waals surface area contributed by atoms with E-state index in [9.17, 15) is 9.59 Å². The molecule has 32 heavy (non-hydrogen) atoms. The maximum Gasteiger partial charge on any atom is 0.230 e. The first-order valence-electron chi connectivity index (χ1n) is 10.3. The number of hydrogen-bond donors (Lipinski definition) is 1. The van der Waals surface area contributed by atoms with Gasteiger partial charge in [-0.3, -0.25) is 9.59 Å². The zero-order valence-electron chi connectivity index (χ0n) is 17.4. The zero-order valence-corrected chi connectivity index (χ0v) is 19.0. The number of benzene rings is 2. The molecule has 2 aliphatic rings. The van der Waals surface area contributed by atoms with E-state index in [4.69, 9.17) is 9.47 Å². The molecule has 3 heterocycles. The molecule has 9 heteroatoms. The van der Waals surface area contributed by atoms with Crippen molar-refractivity contribution in [2.45, 2.75) is 13.3 Å². The van der Waals surface area contributed by atoms with Crippen molar-refractivity contribution in [1.82, 2.24) is 9.78 Å². The van der Waals surface area contributed by atoms with Crippen molar-refractivity contribution in [3.05, 3.63) is 58.7 Å². The summed E-state index contributed by atoms with van der Waals surface area (Å²) in [5.41, 5.74) is 2.30. The Balaban J connectivity index is 1.33. The van der Waals surface area contributed by atoms with Crippen molar-refractivity contribution in [2.24, 2.45) is 5.92 Å². The summed E-state index contributed by atoms with van der Waals surface area (Å²) in [5.74, 6) is 1.06. The minimum absolute atomic E-state index is 0.0986. The molecular weight excluding hydrogens is 476 g/mol. The molecule has 0 radical (unpaired) electrons. The number of amides is 2. The molecule has 0 bridgehead atoms. The fraction of sp³-hybridized carbons (Fsp3) is 0.261. The Morgan fingerprint density at radius 1 is 1.09 bits per heavy atom. The maximum atomic E-state index is 13.0. The van der Waals surface area contributed by atoms with Crippen LogP contribution in [0.3, 0.4) is 0 Å². The average Bonchev–Trinajstić information content (AvgIpc) is 3.35. The van der Waals surface area contributed by atoms with Gasteiger partial charge in [0.1, 0.15) is 19.0 Å². The molecule has 0 aliphatic carbocycles. The van der Waals surface area contributed by atoms with Crippen LogP contribution < -0.4 is 19.7 Å². The summed E-state index contributed by atoms with van der Waals surface area (Å²) < 4.78 is 13.8. The summed E-state index contributed by atoms with van der Waals surface area (Å²) in [5, 5.41) is 7.45. The first kappa shape index (κ1) is 20.6. The van der Waals surface area contributed by atoms with Crippen LogP contribution in [0.25, 0.3) is 5.69 Å². The molecule has 0 spiro atoms. The standard InChI is InChI=1S/C23H21BrN4O4/c1-14-9-21(28(26-14)18-4-2-3-16(24)11-18)25-23(30)15-10-22(29)27(13-15)17-5-6-19-20(12-17)32-8-7-31-19/h2-6,9,11-12,15H,7-8,10,13H2,1H3,(H,25,30). The van der Waals surface area contributed by atoms with Gasteiger partial charge in [-0.15, -0.1) is 0 Å². The average molecular weight is 497 g/mol. The lowest BCUT2D eigenvalue weighted by Crippen LogP contribution is -2.28. The molecule has 1 fully saturated rings. The van der Waals surface area contributed by atoms with Crippen molar-refractivity contribution in [1.29, 1.82) is 0 Å². The second kappa shape index (κ2) is 8.31. The van der Waals surface area contributed by atoms with Crippen LogP contribution in [0.15, 0.2) is 53.0 Å². The number of halogens is 1. The second-order valence-corrected chi connectivity index (χ2v) is 8.70. The van der Waals surface area contributed by atoms with Gasteiger partial charge in [-0.2, -0.15) is 5.10 Å². The Kier molecular flexibility index (Phi) is 5.34. The number of carbonyl (C=O) groups is 2. The van der Waals surface area contributed by atoms with E-state index in [-0.39, 0.29) is 18.2 Å². The van der Waals surface area contributed by atoms with Crippen LogP contribution in [-0.4, -0.2) is 41.4 Å². The lowest BCUT2D eigenvalue weighted by Gasteiger charge is -2.22. The molecule has 1 aromatic heterocycles. The number of aromatic nitrogens is 2. The molecule has 2 amide bonds. The first-order valence-corrected chi connectivity index (χ1v) is 11.1. The lowest BCUT2D eigenvalue weighted by molar-refractivity contribution is -0.122. The van der Waals surface area contributed by atoms with Gasteiger partial charge in [0.15, 0.2) is 11.5 Å². The van der Waals surface area contributed by atoms with Gasteiger partial charge in [-0.25, -0.2) is 4.68 Å². The summed E-state index contributed by atoms with van der Waals surface area (Å²) >= 11 is 3.47. The van der Waals surface area contributed by atoms with Gasteiger partial charge < -0.3 is 19.7 Å². The van der Waals surface area contributed by atoms with Crippen molar-refractivity contribution in [3.8, 4) is 17.2 Å². The molecule has 1 saturated heterocycles. The zero-order chi connectivity index (χ0) is 22.2. The van der Waals surface area contributed by atoms with Crippen LogP contribution in [0, 0.1) is 12.8 Å². The predicted octanol–water partition coefficient (Wildman–Crippen LogP) is 3.71. The predicted molar refractivity (Wildman–Crippen MR) is 123 cm³/mol. The number of carbonyl (C=O) groups excluding carboxylic acids is 2. The normalized spacial score (nSPS) is 17.5. The van der Waals surface area contributed by atoms with Crippen LogP contribution in [-0.2, 0) is 9.59 Å². The Morgan fingerprint density at radius 3 is 2.72 bits per heavy atom. The summed E-state index contributed by atoms with van der Waals surface area (Å²) in [6.07, 6.45) is 0.143. The number of ether oxygens (including phenoxy) is 2. The summed E-state index contributed by atoms with van der Waals surface area (Å²) in [6, 6.07) is 14.9.